The first-order valence-electron chi connectivity index (χ1n) is 3.64. The van der Waals surface area contributed by atoms with Crippen molar-refractivity contribution in [1.82, 2.24) is 10.4 Å². The summed E-state index contributed by atoms with van der Waals surface area (Å²) in [5.41, 5.74) is 3.49. The van der Waals surface area contributed by atoms with E-state index < -0.39 is 12.1 Å². The monoisotopic (exact) mass is 283 g/mol. The molecule has 1 amide bonds. The van der Waals surface area contributed by atoms with Crippen LogP contribution in [0.25, 0.3) is 0 Å². The maximum absolute atomic E-state index is 11.7. The molecule has 1 aromatic heterocycles. The van der Waals surface area contributed by atoms with Crippen LogP contribution in [0.15, 0.2) is 22.8 Å². The number of aromatic nitrogens is 1. The highest BCUT2D eigenvalue weighted by Gasteiger charge is 2.38. The average molecular weight is 284 g/mol. The van der Waals surface area contributed by atoms with Crippen molar-refractivity contribution in [3.8, 4) is 0 Å². The zero-order valence-electron chi connectivity index (χ0n) is 7.10. The number of hydrogen-bond donors (Lipinski definition) is 2. The zero-order valence-corrected chi connectivity index (χ0v) is 8.69. The summed E-state index contributed by atoms with van der Waals surface area (Å²) >= 11 is 3.10. The van der Waals surface area contributed by atoms with Crippen LogP contribution in [0.4, 0.5) is 19.0 Å². The van der Waals surface area contributed by atoms with Gasteiger partial charge in [0.1, 0.15) is 5.82 Å². The molecule has 0 aliphatic heterocycles. The molecule has 0 fully saturated rings. The van der Waals surface area contributed by atoms with Crippen molar-refractivity contribution in [2.24, 2.45) is 0 Å². The van der Waals surface area contributed by atoms with E-state index in [2.05, 4.69) is 20.9 Å². The maximum atomic E-state index is 11.7. The van der Waals surface area contributed by atoms with Crippen molar-refractivity contribution < 1.29 is 18.0 Å². The molecule has 0 saturated carbocycles. The molecule has 0 atom stereocenters. The molecule has 0 radical (unpaired) electrons. The molecule has 1 heterocycles. The van der Waals surface area contributed by atoms with Gasteiger partial charge in [0.25, 0.3) is 0 Å². The lowest BCUT2D eigenvalue weighted by Crippen LogP contribution is -2.40. The minimum absolute atomic E-state index is 0.107. The van der Waals surface area contributed by atoms with Gasteiger partial charge >= 0.3 is 12.1 Å². The van der Waals surface area contributed by atoms with E-state index in [4.69, 9.17) is 0 Å². The van der Waals surface area contributed by atoms with Crippen LogP contribution in [0.5, 0.6) is 0 Å². The van der Waals surface area contributed by atoms with Gasteiger partial charge in [0.15, 0.2) is 0 Å². The highest BCUT2D eigenvalue weighted by molar-refractivity contribution is 9.10. The van der Waals surface area contributed by atoms with Gasteiger partial charge in [0.2, 0.25) is 0 Å². The summed E-state index contributed by atoms with van der Waals surface area (Å²) in [6, 6.07) is 2.97. The third-order valence-corrected chi connectivity index (χ3v) is 1.76. The highest BCUT2D eigenvalue weighted by atomic mass is 79.9. The summed E-state index contributed by atoms with van der Waals surface area (Å²) in [4.78, 5) is 14.1. The predicted octanol–water partition coefficient (Wildman–Crippen LogP) is 1.85. The van der Waals surface area contributed by atoms with Crippen molar-refractivity contribution in [3.63, 3.8) is 0 Å². The number of carbonyl (C=O) groups excluding carboxylic acids is 1. The topological polar surface area (TPSA) is 54.0 Å². The molecule has 15 heavy (non-hydrogen) atoms. The van der Waals surface area contributed by atoms with Crippen LogP contribution in [0.3, 0.4) is 0 Å². The smallest absolute Gasteiger partial charge is 0.282 e. The summed E-state index contributed by atoms with van der Waals surface area (Å²) in [5, 5.41) is 0. The number of pyridine rings is 1. The lowest BCUT2D eigenvalue weighted by Gasteiger charge is -2.09. The second-order valence-corrected chi connectivity index (χ2v) is 3.35. The van der Waals surface area contributed by atoms with Gasteiger partial charge in [-0.2, -0.15) is 13.2 Å². The first-order valence-corrected chi connectivity index (χ1v) is 4.43. The predicted molar refractivity (Wildman–Crippen MR) is 49.8 cm³/mol. The van der Waals surface area contributed by atoms with Crippen LogP contribution < -0.4 is 10.9 Å². The van der Waals surface area contributed by atoms with E-state index in [1.165, 1.54) is 17.7 Å². The quantitative estimate of drug-likeness (QED) is 0.815. The Kier molecular flexibility index (Phi) is 3.51. The van der Waals surface area contributed by atoms with Gasteiger partial charge in [-0.3, -0.25) is 15.6 Å². The first kappa shape index (κ1) is 11.8. The highest BCUT2D eigenvalue weighted by Crippen LogP contribution is 2.14. The summed E-state index contributed by atoms with van der Waals surface area (Å²) in [6.45, 7) is 0. The van der Waals surface area contributed by atoms with Gasteiger partial charge in [0, 0.05) is 10.7 Å². The molecule has 1 rings (SSSR count). The molecule has 8 heteroatoms. The number of rotatable bonds is 2. The molecule has 0 aromatic carbocycles. The normalized spacial score (nSPS) is 10.9. The molecule has 0 bridgehead atoms. The fourth-order valence-corrected chi connectivity index (χ4v) is 0.876. The van der Waals surface area contributed by atoms with Crippen molar-refractivity contribution in [1.29, 1.82) is 0 Å². The molecule has 0 saturated heterocycles. The SMILES string of the molecule is O=C(NNc1ccc(Br)cn1)C(F)(F)F. The number of hydrazine groups is 1. The Morgan fingerprint density at radius 3 is 2.53 bits per heavy atom. The Labute approximate surface area is 91.0 Å². The molecule has 0 unspecified atom stereocenters. The van der Waals surface area contributed by atoms with E-state index in [-0.39, 0.29) is 5.82 Å². The summed E-state index contributed by atoms with van der Waals surface area (Å²) in [6.07, 6.45) is -3.54. The van der Waals surface area contributed by atoms with Gasteiger partial charge in [-0.25, -0.2) is 4.98 Å². The Bertz CT molecular complexity index is 351. The van der Waals surface area contributed by atoms with E-state index in [9.17, 15) is 18.0 Å². The Morgan fingerprint density at radius 2 is 2.07 bits per heavy atom. The second-order valence-electron chi connectivity index (χ2n) is 2.44. The number of nitrogens with one attached hydrogen (secondary N) is 2. The lowest BCUT2D eigenvalue weighted by atomic mass is 10.5. The zero-order chi connectivity index (χ0) is 11.5. The lowest BCUT2D eigenvalue weighted by molar-refractivity contribution is -0.173. The molecule has 2 N–H and O–H groups in total. The van der Waals surface area contributed by atoms with Crippen LogP contribution in [0, 0.1) is 0 Å². The van der Waals surface area contributed by atoms with Crippen molar-refractivity contribution in [2.75, 3.05) is 5.43 Å². The van der Waals surface area contributed by atoms with Crippen molar-refractivity contribution >= 4 is 27.7 Å². The minimum atomic E-state index is -4.91. The van der Waals surface area contributed by atoms with E-state index in [0.717, 1.165) is 0 Å². The fourth-order valence-electron chi connectivity index (χ4n) is 0.641. The number of carbonyl (C=O) groups is 1. The van der Waals surface area contributed by atoms with Gasteiger partial charge in [-0.15, -0.1) is 0 Å². The molecule has 1 aromatic rings. The molecule has 82 valence electrons. The number of amides is 1. The number of hydrogen-bond acceptors (Lipinski definition) is 3. The molecule has 0 aliphatic carbocycles. The first-order chi connectivity index (χ1) is 6.89. The van der Waals surface area contributed by atoms with Crippen molar-refractivity contribution in [2.45, 2.75) is 6.18 Å². The molecule has 4 nitrogen and oxygen atoms in total. The maximum Gasteiger partial charge on any atom is 0.472 e. The van der Waals surface area contributed by atoms with Crippen LogP contribution >= 0.6 is 15.9 Å². The number of alkyl halides is 3. The third kappa shape index (κ3) is 3.74. The third-order valence-electron chi connectivity index (χ3n) is 1.29. The Balaban J connectivity index is 2.51. The van der Waals surface area contributed by atoms with Gasteiger partial charge < -0.3 is 0 Å². The molecular formula is C7H5BrF3N3O. The Hall–Kier alpha value is -1.31. The van der Waals surface area contributed by atoms with E-state index in [1.54, 1.807) is 6.07 Å². The average Bonchev–Trinajstić information content (AvgIpc) is 2.15. The summed E-state index contributed by atoms with van der Waals surface area (Å²) < 4.78 is 35.9. The number of halogens is 4. The van der Waals surface area contributed by atoms with E-state index in [1.807, 2.05) is 5.43 Å². The van der Waals surface area contributed by atoms with Gasteiger partial charge in [-0.1, -0.05) is 0 Å². The summed E-state index contributed by atoms with van der Waals surface area (Å²) in [7, 11) is 0. The van der Waals surface area contributed by atoms with Gasteiger partial charge in [-0.05, 0) is 28.1 Å². The fraction of sp³-hybridized carbons (Fsp3) is 0.143. The van der Waals surface area contributed by atoms with Crippen molar-refractivity contribution in [3.05, 3.63) is 22.8 Å². The van der Waals surface area contributed by atoms with Gasteiger partial charge in [0.05, 0.1) is 0 Å². The molecule has 0 spiro atoms. The number of anilines is 1. The molecular weight excluding hydrogens is 279 g/mol. The largest absolute Gasteiger partial charge is 0.472 e. The number of nitrogens with zero attached hydrogens (tertiary/aromatic N) is 1. The second kappa shape index (κ2) is 4.47. The summed E-state index contributed by atoms with van der Waals surface area (Å²) in [5.74, 6) is -1.97. The van der Waals surface area contributed by atoms with Crippen LogP contribution in [-0.2, 0) is 4.79 Å². The molecule has 0 aliphatic rings. The van der Waals surface area contributed by atoms with Crippen LogP contribution in [0.2, 0.25) is 0 Å². The van der Waals surface area contributed by atoms with E-state index >= 15 is 0 Å². The van der Waals surface area contributed by atoms with Crippen LogP contribution in [-0.4, -0.2) is 17.1 Å². The van der Waals surface area contributed by atoms with E-state index in [0.29, 0.717) is 4.47 Å². The van der Waals surface area contributed by atoms with Crippen LogP contribution in [0.1, 0.15) is 0 Å². The minimum Gasteiger partial charge on any atom is -0.282 e. The Morgan fingerprint density at radius 1 is 1.40 bits per heavy atom. The standard InChI is InChI=1S/C7H5BrF3N3O/c8-4-1-2-5(12-3-4)13-14-6(15)7(9,10)11/h1-3H,(H,12,13)(H,14,15).